The molecule has 0 unspecified atom stereocenters. The molecule has 0 saturated heterocycles. The van der Waals surface area contributed by atoms with Gasteiger partial charge in [-0.1, -0.05) is 11.6 Å². The van der Waals surface area contributed by atoms with E-state index in [1.54, 1.807) is 6.92 Å². The summed E-state index contributed by atoms with van der Waals surface area (Å²) < 4.78 is 4.83. The normalized spacial score (nSPS) is 12.0. The van der Waals surface area contributed by atoms with E-state index >= 15 is 0 Å². The number of esters is 1. The molecule has 0 aromatic carbocycles. The van der Waals surface area contributed by atoms with Crippen molar-refractivity contribution in [2.45, 2.75) is 27.2 Å². The molecule has 0 aliphatic rings. The van der Waals surface area contributed by atoms with E-state index in [-0.39, 0.29) is 11.9 Å². The Labute approximate surface area is 79.9 Å². The molecule has 76 valence electrons. The van der Waals surface area contributed by atoms with E-state index in [0.29, 0.717) is 19.6 Å². The Bertz CT molecular complexity index is 183. The summed E-state index contributed by atoms with van der Waals surface area (Å²) in [5, 5.41) is 0. The summed E-state index contributed by atoms with van der Waals surface area (Å²) in [6.07, 6.45) is 2.40. The van der Waals surface area contributed by atoms with Crippen molar-refractivity contribution in [2.75, 3.05) is 13.2 Å². The van der Waals surface area contributed by atoms with Gasteiger partial charge in [-0.15, -0.1) is 0 Å². The van der Waals surface area contributed by atoms with Crippen LogP contribution >= 0.6 is 0 Å². The number of ether oxygens (including phenoxy) is 1. The molecule has 1 atom stereocenters. The van der Waals surface area contributed by atoms with E-state index in [4.69, 9.17) is 10.5 Å². The van der Waals surface area contributed by atoms with Crippen molar-refractivity contribution >= 4 is 5.97 Å². The molecule has 13 heavy (non-hydrogen) atoms. The first kappa shape index (κ1) is 12.2. The Morgan fingerprint density at radius 3 is 2.54 bits per heavy atom. The summed E-state index contributed by atoms with van der Waals surface area (Å²) in [4.78, 5) is 11.1. The fourth-order valence-corrected chi connectivity index (χ4v) is 1.12. The molecule has 0 heterocycles. The van der Waals surface area contributed by atoms with Crippen molar-refractivity contribution in [2.24, 2.45) is 11.7 Å². The van der Waals surface area contributed by atoms with E-state index in [1.165, 1.54) is 5.57 Å². The van der Waals surface area contributed by atoms with Crippen LogP contribution < -0.4 is 5.73 Å². The minimum absolute atomic E-state index is 0.115. The zero-order valence-electron chi connectivity index (χ0n) is 8.67. The van der Waals surface area contributed by atoms with Gasteiger partial charge in [0.2, 0.25) is 0 Å². The summed E-state index contributed by atoms with van der Waals surface area (Å²) in [5.41, 5.74) is 6.69. The van der Waals surface area contributed by atoms with Gasteiger partial charge in [0.25, 0.3) is 0 Å². The molecular weight excluding hydrogens is 166 g/mol. The average Bonchev–Trinajstić information content (AvgIpc) is 2.02. The molecular formula is C10H19NO2. The number of carbonyl (C=O) groups is 1. The average molecular weight is 185 g/mol. The maximum Gasteiger partial charge on any atom is 0.306 e. The van der Waals surface area contributed by atoms with Crippen molar-refractivity contribution < 1.29 is 9.53 Å². The SMILES string of the molecule is CCOC(=O)C[C@H](C=C(C)C)CN. The van der Waals surface area contributed by atoms with Crippen LogP contribution in [0.25, 0.3) is 0 Å². The lowest BCUT2D eigenvalue weighted by molar-refractivity contribution is -0.143. The largest absolute Gasteiger partial charge is 0.466 e. The highest BCUT2D eigenvalue weighted by atomic mass is 16.5. The fourth-order valence-electron chi connectivity index (χ4n) is 1.12. The first-order valence-corrected chi connectivity index (χ1v) is 4.60. The Kier molecular flexibility index (Phi) is 6.24. The second-order valence-electron chi connectivity index (χ2n) is 3.25. The van der Waals surface area contributed by atoms with Gasteiger partial charge in [0.1, 0.15) is 0 Å². The second kappa shape index (κ2) is 6.66. The highest BCUT2D eigenvalue weighted by molar-refractivity contribution is 5.69. The van der Waals surface area contributed by atoms with Crippen LogP contribution in [0.5, 0.6) is 0 Å². The Morgan fingerprint density at radius 1 is 1.54 bits per heavy atom. The molecule has 0 fully saturated rings. The van der Waals surface area contributed by atoms with Crippen LogP contribution in [0.4, 0.5) is 0 Å². The maximum absolute atomic E-state index is 11.1. The molecule has 3 nitrogen and oxygen atoms in total. The summed E-state index contributed by atoms with van der Waals surface area (Å²) >= 11 is 0. The van der Waals surface area contributed by atoms with Crippen LogP contribution in [0, 0.1) is 5.92 Å². The molecule has 3 heteroatoms. The highest BCUT2D eigenvalue weighted by Gasteiger charge is 2.10. The lowest BCUT2D eigenvalue weighted by atomic mass is 10.0. The Morgan fingerprint density at radius 2 is 2.15 bits per heavy atom. The van der Waals surface area contributed by atoms with Crippen LogP contribution in [-0.4, -0.2) is 19.1 Å². The summed E-state index contributed by atoms with van der Waals surface area (Å²) in [6, 6.07) is 0. The summed E-state index contributed by atoms with van der Waals surface area (Å²) in [7, 11) is 0. The second-order valence-corrected chi connectivity index (χ2v) is 3.25. The lowest BCUT2D eigenvalue weighted by Gasteiger charge is -2.09. The standard InChI is InChI=1S/C10H19NO2/c1-4-13-10(12)6-9(7-11)5-8(2)3/h5,9H,4,6-7,11H2,1-3H3/t9-/m0/s1. The maximum atomic E-state index is 11.1. The van der Waals surface area contributed by atoms with Crippen LogP contribution in [0.1, 0.15) is 27.2 Å². The van der Waals surface area contributed by atoms with Gasteiger partial charge in [0, 0.05) is 0 Å². The molecule has 0 spiro atoms. The topological polar surface area (TPSA) is 52.3 Å². The van der Waals surface area contributed by atoms with E-state index in [2.05, 4.69) is 0 Å². The molecule has 0 aromatic heterocycles. The van der Waals surface area contributed by atoms with Crippen molar-refractivity contribution in [1.29, 1.82) is 0 Å². The Hall–Kier alpha value is -0.830. The molecule has 0 aliphatic heterocycles. The first-order valence-electron chi connectivity index (χ1n) is 4.60. The van der Waals surface area contributed by atoms with Gasteiger partial charge in [0.15, 0.2) is 0 Å². The lowest BCUT2D eigenvalue weighted by Crippen LogP contribution is -2.18. The zero-order valence-corrected chi connectivity index (χ0v) is 8.67. The van der Waals surface area contributed by atoms with Crippen molar-refractivity contribution in [3.63, 3.8) is 0 Å². The number of rotatable bonds is 5. The number of allylic oxidation sites excluding steroid dienone is 1. The highest BCUT2D eigenvalue weighted by Crippen LogP contribution is 2.07. The van der Waals surface area contributed by atoms with Crippen molar-refractivity contribution in [3.8, 4) is 0 Å². The van der Waals surface area contributed by atoms with E-state index in [9.17, 15) is 4.79 Å². The molecule has 0 rings (SSSR count). The zero-order chi connectivity index (χ0) is 10.3. The van der Waals surface area contributed by atoms with Gasteiger partial charge in [-0.25, -0.2) is 0 Å². The third kappa shape index (κ3) is 6.34. The van der Waals surface area contributed by atoms with Crippen molar-refractivity contribution in [1.82, 2.24) is 0 Å². The molecule has 0 bridgehead atoms. The van der Waals surface area contributed by atoms with Gasteiger partial charge in [0.05, 0.1) is 13.0 Å². The number of nitrogens with two attached hydrogens (primary N) is 1. The minimum atomic E-state index is -0.171. The van der Waals surface area contributed by atoms with Crippen LogP contribution in [0.2, 0.25) is 0 Å². The van der Waals surface area contributed by atoms with Gasteiger partial charge in [-0.2, -0.15) is 0 Å². The van der Waals surface area contributed by atoms with Crippen LogP contribution in [0.3, 0.4) is 0 Å². The smallest absolute Gasteiger partial charge is 0.306 e. The number of carbonyl (C=O) groups excluding carboxylic acids is 1. The van der Waals surface area contributed by atoms with Gasteiger partial charge in [-0.05, 0) is 33.2 Å². The predicted molar refractivity (Wildman–Crippen MR) is 53.2 cm³/mol. The molecule has 0 saturated carbocycles. The van der Waals surface area contributed by atoms with Crippen LogP contribution in [0.15, 0.2) is 11.6 Å². The monoisotopic (exact) mass is 185 g/mol. The van der Waals surface area contributed by atoms with Crippen molar-refractivity contribution in [3.05, 3.63) is 11.6 Å². The summed E-state index contributed by atoms with van der Waals surface area (Å²) in [6.45, 7) is 6.72. The molecule has 2 N–H and O–H groups in total. The number of hydrogen-bond donors (Lipinski definition) is 1. The number of hydrogen-bond acceptors (Lipinski definition) is 3. The summed E-state index contributed by atoms with van der Waals surface area (Å²) in [5.74, 6) is -0.0560. The van der Waals surface area contributed by atoms with E-state index < -0.39 is 0 Å². The quantitative estimate of drug-likeness (QED) is 0.521. The van der Waals surface area contributed by atoms with E-state index in [0.717, 1.165) is 0 Å². The molecule has 0 amide bonds. The Balaban J connectivity index is 3.98. The van der Waals surface area contributed by atoms with Gasteiger partial charge < -0.3 is 10.5 Å². The third-order valence-electron chi connectivity index (χ3n) is 1.61. The predicted octanol–water partition coefficient (Wildman–Crippen LogP) is 1.48. The van der Waals surface area contributed by atoms with Crippen LogP contribution in [-0.2, 0) is 9.53 Å². The minimum Gasteiger partial charge on any atom is -0.466 e. The third-order valence-corrected chi connectivity index (χ3v) is 1.61. The molecule has 0 radical (unpaired) electrons. The fraction of sp³-hybridized carbons (Fsp3) is 0.700. The first-order chi connectivity index (χ1) is 6.10. The van der Waals surface area contributed by atoms with Gasteiger partial charge >= 0.3 is 5.97 Å². The van der Waals surface area contributed by atoms with E-state index in [1.807, 2.05) is 19.9 Å². The molecule has 0 aromatic rings. The molecule has 0 aliphatic carbocycles. The van der Waals surface area contributed by atoms with Gasteiger partial charge in [-0.3, -0.25) is 4.79 Å².